The van der Waals surface area contributed by atoms with Crippen LogP contribution in [0.2, 0.25) is 0 Å². The van der Waals surface area contributed by atoms with Crippen LogP contribution in [0.5, 0.6) is 0 Å². The van der Waals surface area contributed by atoms with Crippen molar-refractivity contribution in [1.82, 2.24) is 0 Å². The molecule has 3 aliphatic rings. The summed E-state index contributed by atoms with van der Waals surface area (Å²) in [5.41, 5.74) is 29.2. The van der Waals surface area contributed by atoms with E-state index >= 15 is 0 Å². The summed E-state index contributed by atoms with van der Waals surface area (Å²) in [6.45, 7) is 19.1. The zero-order valence-electron chi connectivity index (χ0n) is 47.5. The molecule has 82 heavy (non-hydrogen) atoms. The quantitative estimate of drug-likeness (QED) is 0.161. The van der Waals surface area contributed by atoms with E-state index in [4.69, 9.17) is 8.83 Å². The van der Waals surface area contributed by atoms with Crippen LogP contribution in [-0.4, -0.2) is 0 Å². The third-order valence-corrected chi connectivity index (χ3v) is 19.5. The highest BCUT2D eigenvalue weighted by molar-refractivity contribution is 6.22. The van der Waals surface area contributed by atoms with Crippen LogP contribution in [0, 0.1) is 13.8 Å². The fraction of sp³-hybridized carbons (Fsp3) is 0.139. The zero-order valence-corrected chi connectivity index (χ0v) is 47.5. The molecular formula is C79H59NO2. The number of fused-ring (bicyclic) bond motifs is 22. The average molecular weight is 1050 g/mol. The van der Waals surface area contributed by atoms with Crippen molar-refractivity contribution < 1.29 is 8.83 Å². The Hall–Kier alpha value is -9.44. The van der Waals surface area contributed by atoms with Crippen molar-refractivity contribution in [2.45, 2.75) is 71.6 Å². The largest absolute Gasteiger partial charge is 0.455 e. The molecule has 0 radical (unpaired) electrons. The smallest absolute Gasteiger partial charge is 0.144 e. The van der Waals surface area contributed by atoms with E-state index in [1.165, 1.54) is 127 Å². The molecule has 17 rings (SSSR count). The third kappa shape index (κ3) is 6.21. The van der Waals surface area contributed by atoms with Crippen molar-refractivity contribution >= 4 is 82.5 Å². The van der Waals surface area contributed by atoms with Gasteiger partial charge >= 0.3 is 0 Å². The Labute approximate surface area is 477 Å². The Kier molecular flexibility index (Phi) is 9.45. The maximum absolute atomic E-state index is 7.08. The van der Waals surface area contributed by atoms with Gasteiger partial charge in [-0.15, -0.1) is 0 Å². The van der Waals surface area contributed by atoms with Crippen LogP contribution in [-0.2, 0) is 16.2 Å². The first-order chi connectivity index (χ1) is 39.8. The van der Waals surface area contributed by atoms with Crippen LogP contribution < -0.4 is 4.90 Å². The van der Waals surface area contributed by atoms with Crippen LogP contribution in [0.1, 0.15) is 86.1 Å². The maximum atomic E-state index is 7.08. The first kappa shape index (κ1) is 47.4. The van der Waals surface area contributed by atoms with Gasteiger partial charge in [-0.05, 0) is 180 Å². The molecule has 0 saturated heterocycles. The van der Waals surface area contributed by atoms with Gasteiger partial charge in [0.25, 0.3) is 0 Å². The van der Waals surface area contributed by atoms with Gasteiger partial charge in [-0.25, -0.2) is 0 Å². The van der Waals surface area contributed by atoms with E-state index in [2.05, 4.69) is 273 Å². The number of hydrogen-bond acceptors (Lipinski definition) is 3. The third-order valence-electron chi connectivity index (χ3n) is 19.5. The minimum absolute atomic E-state index is 0.238. The number of para-hydroxylation sites is 2. The summed E-state index contributed by atoms with van der Waals surface area (Å²) in [6, 6.07) is 79.2. The predicted molar refractivity (Wildman–Crippen MR) is 344 cm³/mol. The molecule has 14 aromatic rings. The first-order valence-electron chi connectivity index (χ1n) is 29.1. The number of benzene rings is 12. The van der Waals surface area contributed by atoms with E-state index in [-0.39, 0.29) is 16.2 Å². The van der Waals surface area contributed by atoms with Gasteiger partial charge in [0.15, 0.2) is 0 Å². The molecule has 0 fully saturated rings. The highest BCUT2D eigenvalue weighted by Gasteiger charge is 2.49. The molecule has 3 nitrogen and oxygen atoms in total. The van der Waals surface area contributed by atoms with Gasteiger partial charge in [0, 0.05) is 66.0 Å². The molecule has 392 valence electrons. The van der Waals surface area contributed by atoms with Crippen LogP contribution in [0.25, 0.3) is 121 Å². The van der Waals surface area contributed by atoms with Crippen molar-refractivity contribution in [3.05, 3.63) is 257 Å². The van der Waals surface area contributed by atoms with E-state index in [1.54, 1.807) is 0 Å². The summed E-state index contributed by atoms with van der Waals surface area (Å²) >= 11 is 0. The van der Waals surface area contributed by atoms with E-state index in [9.17, 15) is 0 Å². The van der Waals surface area contributed by atoms with Crippen molar-refractivity contribution in [1.29, 1.82) is 0 Å². The van der Waals surface area contributed by atoms with Crippen molar-refractivity contribution in [2.75, 3.05) is 4.90 Å². The molecule has 0 amide bonds. The Bertz CT molecular complexity index is 5160. The Morgan fingerprint density at radius 3 is 1.63 bits per heavy atom. The lowest BCUT2D eigenvalue weighted by molar-refractivity contribution is 0.600. The van der Waals surface area contributed by atoms with Gasteiger partial charge in [-0.3, -0.25) is 0 Å². The molecule has 0 saturated carbocycles. The summed E-state index contributed by atoms with van der Waals surface area (Å²) in [4.78, 5) is 2.53. The molecule has 0 N–H and O–H groups in total. The fourth-order valence-electron chi connectivity index (χ4n) is 15.7. The highest BCUT2D eigenvalue weighted by Crippen LogP contribution is 2.64. The lowest BCUT2D eigenvalue weighted by Gasteiger charge is -2.32. The highest BCUT2D eigenvalue weighted by atomic mass is 16.3. The molecule has 0 atom stereocenters. The van der Waals surface area contributed by atoms with Crippen molar-refractivity contribution in [3.63, 3.8) is 0 Å². The second kappa shape index (κ2) is 16.4. The van der Waals surface area contributed by atoms with Crippen LogP contribution in [0.3, 0.4) is 0 Å². The number of anilines is 3. The van der Waals surface area contributed by atoms with Gasteiger partial charge in [-0.2, -0.15) is 0 Å². The van der Waals surface area contributed by atoms with Crippen LogP contribution in [0.4, 0.5) is 17.1 Å². The fourth-order valence-corrected chi connectivity index (χ4v) is 15.7. The van der Waals surface area contributed by atoms with Gasteiger partial charge in [0.2, 0.25) is 0 Å². The molecule has 0 aliphatic heterocycles. The van der Waals surface area contributed by atoms with Crippen LogP contribution in [0.15, 0.2) is 221 Å². The van der Waals surface area contributed by atoms with Crippen LogP contribution >= 0.6 is 0 Å². The number of hydrogen-bond donors (Lipinski definition) is 0. The first-order valence-corrected chi connectivity index (χ1v) is 29.1. The maximum Gasteiger partial charge on any atom is 0.144 e. The molecule has 0 spiro atoms. The standard InChI is InChI=1S/C79H59NO2/c1-44-30-37-65(45(2)38-44)80(50-34-36-55-63(42-50)79(7,8)73-69(55)71-57-26-16-19-29-67(57)82-76(71)72-53-24-14-17-27-61(53)78(5,6)74(72)73)49-33-35-54-62(41-49)77(3,4)64-43-60(75-70(68(54)64)56-25-15-18-28-66(56)81-75)48-32-31-47-39-58(46-20-10-9-11-21-46)51-22-12-13-23-52(51)59(47)40-48/h9-43H,1-8H3. The van der Waals surface area contributed by atoms with E-state index in [0.717, 1.165) is 55.9 Å². The SMILES string of the molecule is Cc1ccc(N(c2ccc3c(c2)C(C)(C)c2cc(-c4ccc5cc(-c6ccccc6)c6ccccc6c5c4)c4oc5ccccc5c4c2-3)c2ccc3c(c2)C(C)(C)c2c4c(c5oc6ccccc6c5c2-3)-c2ccccc2C4(C)C)c(C)c1. The Morgan fingerprint density at radius 2 is 0.915 bits per heavy atom. The summed E-state index contributed by atoms with van der Waals surface area (Å²) in [6.07, 6.45) is 0. The average Bonchev–Trinajstić information content (AvgIpc) is 3.98. The Morgan fingerprint density at radius 1 is 0.341 bits per heavy atom. The Balaban J connectivity index is 0.853. The molecule has 3 aliphatic carbocycles. The van der Waals surface area contributed by atoms with E-state index < -0.39 is 0 Å². The molecule has 2 aromatic heterocycles. The van der Waals surface area contributed by atoms with Crippen molar-refractivity contribution in [2.24, 2.45) is 0 Å². The lowest BCUT2D eigenvalue weighted by atomic mass is 9.72. The molecule has 0 unspecified atom stereocenters. The molecular weight excluding hydrogens is 995 g/mol. The summed E-state index contributed by atoms with van der Waals surface area (Å²) in [5.74, 6) is 0. The summed E-state index contributed by atoms with van der Waals surface area (Å²) in [5, 5.41) is 9.65. The van der Waals surface area contributed by atoms with E-state index in [1.807, 2.05) is 0 Å². The van der Waals surface area contributed by atoms with Gasteiger partial charge in [-0.1, -0.05) is 199 Å². The minimum atomic E-state index is -0.366. The number of rotatable bonds is 5. The summed E-state index contributed by atoms with van der Waals surface area (Å²) < 4.78 is 14.1. The van der Waals surface area contributed by atoms with Gasteiger partial charge in [0.05, 0.1) is 0 Å². The van der Waals surface area contributed by atoms with Crippen molar-refractivity contribution in [3.8, 4) is 55.6 Å². The second-order valence-electron chi connectivity index (χ2n) is 25.2. The lowest BCUT2D eigenvalue weighted by Crippen LogP contribution is -2.24. The second-order valence-corrected chi connectivity index (χ2v) is 25.2. The number of aryl methyl sites for hydroxylation is 2. The summed E-state index contributed by atoms with van der Waals surface area (Å²) in [7, 11) is 0. The molecule has 2 heterocycles. The zero-order chi connectivity index (χ0) is 55.3. The monoisotopic (exact) mass is 1050 g/mol. The number of nitrogens with zero attached hydrogens (tertiary/aromatic N) is 1. The molecule has 0 bridgehead atoms. The topological polar surface area (TPSA) is 29.5 Å². The van der Waals surface area contributed by atoms with E-state index in [0.29, 0.717) is 0 Å². The van der Waals surface area contributed by atoms with Gasteiger partial charge in [0.1, 0.15) is 22.3 Å². The molecule has 12 aromatic carbocycles. The van der Waals surface area contributed by atoms with Gasteiger partial charge < -0.3 is 13.7 Å². The minimum Gasteiger partial charge on any atom is -0.455 e. The number of furan rings is 2. The predicted octanol–water partition coefficient (Wildman–Crippen LogP) is 22.1. The molecule has 3 heteroatoms. The normalized spacial score (nSPS) is 14.9.